The van der Waals surface area contributed by atoms with Gasteiger partial charge < -0.3 is 4.74 Å². The largest absolute Gasteiger partial charge is 0.370 e. The summed E-state index contributed by atoms with van der Waals surface area (Å²) < 4.78 is 5.61. The summed E-state index contributed by atoms with van der Waals surface area (Å²) in [6, 6.07) is 0. The lowest BCUT2D eigenvalue weighted by molar-refractivity contribution is -0.140. The molecule has 0 spiro atoms. The van der Waals surface area contributed by atoms with Crippen LogP contribution in [-0.2, 0) is 14.3 Å². The van der Waals surface area contributed by atoms with Crippen LogP contribution in [0.3, 0.4) is 0 Å². The SMILES string of the molecule is O=C1CCCCCC1C1OCCCCC1=O. The topological polar surface area (TPSA) is 43.4 Å². The van der Waals surface area contributed by atoms with Gasteiger partial charge >= 0.3 is 0 Å². The average molecular weight is 224 g/mol. The summed E-state index contributed by atoms with van der Waals surface area (Å²) in [7, 11) is 0. The van der Waals surface area contributed by atoms with E-state index in [2.05, 4.69) is 0 Å². The molecule has 1 aliphatic heterocycles. The van der Waals surface area contributed by atoms with Crippen molar-refractivity contribution in [3.63, 3.8) is 0 Å². The van der Waals surface area contributed by atoms with Crippen LogP contribution in [0.1, 0.15) is 51.4 Å². The predicted molar refractivity (Wildman–Crippen MR) is 60.2 cm³/mol. The number of hydrogen-bond donors (Lipinski definition) is 0. The fourth-order valence-corrected chi connectivity index (χ4v) is 2.69. The molecular weight excluding hydrogens is 204 g/mol. The van der Waals surface area contributed by atoms with Gasteiger partial charge in [-0.15, -0.1) is 0 Å². The van der Waals surface area contributed by atoms with Crippen molar-refractivity contribution in [3.8, 4) is 0 Å². The third kappa shape index (κ3) is 2.70. The molecule has 2 aliphatic rings. The first-order chi connectivity index (χ1) is 7.79. The second-order valence-electron chi connectivity index (χ2n) is 4.89. The summed E-state index contributed by atoms with van der Waals surface area (Å²) in [5.74, 6) is 0.253. The van der Waals surface area contributed by atoms with Crippen LogP contribution < -0.4 is 0 Å². The molecule has 1 saturated carbocycles. The van der Waals surface area contributed by atoms with Crippen molar-refractivity contribution in [3.05, 3.63) is 0 Å². The monoisotopic (exact) mass is 224 g/mol. The van der Waals surface area contributed by atoms with Crippen molar-refractivity contribution in [2.45, 2.75) is 57.5 Å². The molecule has 1 heterocycles. The van der Waals surface area contributed by atoms with Crippen LogP contribution >= 0.6 is 0 Å². The van der Waals surface area contributed by atoms with Crippen molar-refractivity contribution >= 4 is 11.6 Å². The molecule has 0 aromatic carbocycles. The second kappa shape index (κ2) is 5.58. The fraction of sp³-hybridized carbons (Fsp3) is 0.846. The highest BCUT2D eigenvalue weighted by atomic mass is 16.5. The first kappa shape index (κ1) is 11.8. The summed E-state index contributed by atoms with van der Waals surface area (Å²) in [5.41, 5.74) is 0. The summed E-state index contributed by atoms with van der Waals surface area (Å²) in [6.07, 6.45) is 6.66. The maximum Gasteiger partial charge on any atom is 0.162 e. The lowest BCUT2D eigenvalue weighted by atomic mass is 9.89. The van der Waals surface area contributed by atoms with E-state index in [0.29, 0.717) is 19.4 Å². The van der Waals surface area contributed by atoms with E-state index in [4.69, 9.17) is 4.74 Å². The van der Waals surface area contributed by atoms with E-state index in [9.17, 15) is 9.59 Å². The van der Waals surface area contributed by atoms with E-state index in [1.54, 1.807) is 0 Å². The molecule has 0 aromatic rings. The van der Waals surface area contributed by atoms with Gasteiger partial charge in [0.15, 0.2) is 5.78 Å². The quantitative estimate of drug-likeness (QED) is 0.642. The van der Waals surface area contributed by atoms with Crippen LogP contribution in [0.2, 0.25) is 0 Å². The number of carbonyl (C=O) groups is 2. The molecule has 3 nitrogen and oxygen atoms in total. The van der Waals surface area contributed by atoms with Crippen LogP contribution in [0.4, 0.5) is 0 Å². The Morgan fingerprint density at radius 2 is 1.62 bits per heavy atom. The maximum absolute atomic E-state index is 11.9. The standard InChI is InChI=1S/C13H20O3/c14-11-7-3-1-2-6-10(11)13-12(15)8-4-5-9-16-13/h10,13H,1-9H2. The fourth-order valence-electron chi connectivity index (χ4n) is 2.69. The van der Waals surface area contributed by atoms with Gasteiger partial charge in [0.25, 0.3) is 0 Å². The minimum atomic E-state index is -0.423. The molecule has 1 aliphatic carbocycles. The van der Waals surface area contributed by atoms with Gasteiger partial charge in [0, 0.05) is 19.4 Å². The van der Waals surface area contributed by atoms with E-state index in [1.165, 1.54) is 0 Å². The Hall–Kier alpha value is -0.700. The molecule has 0 amide bonds. The third-order valence-corrected chi connectivity index (χ3v) is 3.65. The zero-order valence-electron chi connectivity index (χ0n) is 9.74. The van der Waals surface area contributed by atoms with E-state index in [0.717, 1.165) is 38.5 Å². The van der Waals surface area contributed by atoms with Gasteiger partial charge in [-0.1, -0.05) is 12.8 Å². The summed E-state index contributed by atoms with van der Waals surface area (Å²) in [6.45, 7) is 0.639. The smallest absolute Gasteiger partial charge is 0.162 e. The molecular formula is C13H20O3. The molecule has 0 N–H and O–H groups in total. The molecule has 2 fully saturated rings. The molecule has 2 rings (SSSR count). The summed E-state index contributed by atoms with van der Waals surface area (Å²) >= 11 is 0. The van der Waals surface area contributed by atoms with Gasteiger partial charge in [0.2, 0.25) is 0 Å². The molecule has 1 saturated heterocycles. The Morgan fingerprint density at radius 1 is 0.875 bits per heavy atom. The van der Waals surface area contributed by atoms with Crippen LogP contribution in [0.5, 0.6) is 0 Å². The second-order valence-corrected chi connectivity index (χ2v) is 4.89. The Labute approximate surface area is 96.5 Å². The molecule has 3 heteroatoms. The van der Waals surface area contributed by atoms with Gasteiger partial charge in [-0.2, -0.15) is 0 Å². The zero-order chi connectivity index (χ0) is 11.4. The maximum atomic E-state index is 11.9. The van der Waals surface area contributed by atoms with Crippen molar-refractivity contribution in [2.75, 3.05) is 6.61 Å². The third-order valence-electron chi connectivity index (χ3n) is 3.65. The lowest BCUT2D eigenvalue weighted by Crippen LogP contribution is -2.36. The van der Waals surface area contributed by atoms with Crippen LogP contribution in [-0.4, -0.2) is 24.3 Å². The van der Waals surface area contributed by atoms with Crippen LogP contribution in [0, 0.1) is 5.92 Å². The van der Waals surface area contributed by atoms with Gasteiger partial charge in [-0.05, 0) is 25.7 Å². The molecule has 2 unspecified atom stereocenters. The number of ketones is 2. The van der Waals surface area contributed by atoms with Crippen molar-refractivity contribution < 1.29 is 14.3 Å². The van der Waals surface area contributed by atoms with Crippen molar-refractivity contribution in [1.29, 1.82) is 0 Å². The van der Waals surface area contributed by atoms with Gasteiger partial charge in [-0.3, -0.25) is 9.59 Å². The molecule has 16 heavy (non-hydrogen) atoms. The number of carbonyl (C=O) groups excluding carboxylic acids is 2. The zero-order valence-corrected chi connectivity index (χ0v) is 9.74. The Kier molecular flexibility index (Phi) is 4.10. The normalized spacial score (nSPS) is 33.2. The molecule has 0 aromatic heterocycles. The van der Waals surface area contributed by atoms with Gasteiger partial charge in [0.1, 0.15) is 11.9 Å². The summed E-state index contributed by atoms with van der Waals surface area (Å²) in [4.78, 5) is 23.8. The van der Waals surface area contributed by atoms with Crippen molar-refractivity contribution in [2.24, 2.45) is 5.92 Å². The van der Waals surface area contributed by atoms with E-state index in [-0.39, 0.29) is 17.5 Å². The predicted octanol–water partition coefficient (Wildman–Crippen LogP) is 2.27. The van der Waals surface area contributed by atoms with E-state index >= 15 is 0 Å². The Morgan fingerprint density at radius 3 is 2.50 bits per heavy atom. The minimum absolute atomic E-state index is 0.145. The highest BCUT2D eigenvalue weighted by Crippen LogP contribution is 2.27. The molecule has 0 radical (unpaired) electrons. The minimum Gasteiger partial charge on any atom is -0.370 e. The lowest BCUT2D eigenvalue weighted by Gasteiger charge is -2.22. The first-order valence-electron chi connectivity index (χ1n) is 6.46. The summed E-state index contributed by atoms with van der Waals surface area (Å²) in [5, 5.41) is 0. The van der Waals surface area contributed by atoms with Gasteiger partial charge in [-0.25, -0.2) is 0 Å². The van der Waals surface area contributed by atoms with E-state index in [1.807, 2.05) is 0 Å². The molecule has 0 bridgehead atoms. The Bertz CT molecular complexity index is 244. The first-order valence-corrected chi connectivity index (χ1v) is 6.46. The van der Waals surface area contributed by atoms with Crippen LogP contribution in [0.25, 0.3) is 0 Å². The highest BCUT2D eigenvalue weighted by molar-refractivity contribution is 5.91. The number of Topliss-reactive ketones (excluding diaryl/α,β-unsaturated/α-hetero) is 2. The number of hydrogen-bond acceptors (Lipinski definition) is 3. The van der Waals surface area contributed by atoms with Gasteiger partial charge in [0.05, 0.1) is 5.92 Å². The Balaban J connectivity index is 2.07. The van der Waals surface area contributed by atoms with Crippen molar-refractivity contribution in [1.82, 2.24) is 0 Å². The highest BCUT2D eigenvalue weighted by Gasteiger charge is 2.35. The van der Waals surface area contributed by atoms with Crippen LogP contribution in [0.15, 0.2) is 0 Å². The number of rotatable bonds is 1. The molecule has 90 valence electrons. The molecule has 2 atom stereocenters. The number of ether oxygens (including phenoxy) is 1. The average Bonchev–Trinajstić information content (AvgIpc) is 2.59. The van der Waals surface area contributed by atoms with E-state index < -0.39 is 6.10 Å².